The highest BCUT2D eigenvalue weighted by molar-refractivity contribution is 7.21. The van der Waals surface area contributed by atoms with Gasteiger partial charge < -0.3 is 5.32 Å². The lowest BCUT2D eigenvalue weighted by molar-refractivity contribution is 0.102. The van der Waals surface area contributed by atoms with Crippen LogP contribution in [0.25, 0.3) is 20.8 Å². The van der Waals surface area contributed by atoms with Crippen LogP contribution in [0.15, 0.2) is 66.7 Å². The summed E-state index contributed by atoms with van der Waals surface area (Å²) >= 11 is 1.64. The van der Waals surface area contributed by atoms with E-state index in [0.29, 0.717) is 5.69 Å². The van der Waals surface area contributed by atoms with Crippen LogP contribution in [0.3, 0.4) is 0 Å². The van der Waals surface area contributed by atoms with Gasteiger partial charge in [-0.3, -0.25) is 4.79 Å². The molecule has 4 rings (SSSR count). The largest absolute Gasteiger partial charge is 0.322 e. The number of thiazole rings is 1. The summed E-state index contributed by atoms with van der Waals surface area (Å²) in [6.45, 7) is 2.06. The van der Waals surface area contributed by atoms with Crippen molar-refractivity contribution in [2.24, 2.45) is 0 Å². The number of hydrogen-bond acceptors (Lipinski definition) is 3. The molecule has 0 bridgehead atoms. The highest BCUT2D eigenvalue weighted by Crippen LogP contribution is 2.31. The van der Waals surface area contributed by atoms with Gasteiger partial charge in [-0.15, -0.1) is 11.3 Å². The fourth-order valence-electron chi connectivity index (χ4n) is 2.70. The molecule has 1 heterocycles. The summed E-state index contributed by atoms with van der Waals surface area (Å²) < 4.78 is 14.8. The summed E-state index contributed by atoms with van der Waals surface area (Å²) in [6.07, 6.45) is 0. The molecule has 0 fully saturated rings. The number of benzene rings is 3. The molecule has 3 aromatic carbocycles. The second kappa shape index (κ2) is 6.69. The number of rotatable bonds is 3. The van der Waals surface area contributed by atoms with Gasteiger partial charge in [-0.2, -0.15) is 0 Å². The molecule has 0 unspecified atom stereocenters. The number of hydrogen-bond donors (Lipinski definition) is 1. The first-order valence-electron chi connectivity index (χ1n) is 8.14. The van der Waals surface area contributed by atoms with E-state index in [2.05, 4.69) is 23.3 Å². The number of aryl methyl sites for hydroxylation is 1. The first-order chi connectivity index (χ1) is 12.6. The van der Waals surface area contributed by atoms with E-state index in [1.807, 2.05) is 24.3 Å². The monoisotopic (exact) mass is 362 g/mol. The van der Waals surface area contributed by atoms with Gasteiger partial charge >= 0.3 is 0 Å². The number of carbonyl (C=O) groups excluding carboxylic acids is 1. The van der Waals surface area contributed by atoms with E-state index in [0.717, 1.165) is 20.8 Å². The van der Waals surface area contributed by atoms with Crippen LogP contribution in [-0.2, 0) is 0 Å². The molecule has 0 aliphatic rings. The zero-order valence-corrected chi connectivity index (χ0v) is 14.8. The van der Waals surface area contributed by atoms with Gasteiger partial charge in [0.15, 0.2) is 0 Å². The minimum Gasteiger partial charge on any atom is -0.322 e. The van der Waals surface area contributed by atoms with E-state index >= 15 is 0 Å². The summed E-state index contributed by atoms with van der Waals surface area (Å²) in [4.78, 5) is 16.8. The summed E-state index contributed by atoms with van der Waals surface area (Å²) in [7, 11) is 0. The number of fused-ring (bicyclic) bond motifs is 1. The smallest absolute Gasteiger partial charge is 0.258 e. The highest BCUT2D eigenvalue weighted by atomic mass is 32.1. The molecule has 0 radical (unpaired) electrons. The van der Waals surface area contributed by atoms with Gasteiger partial charge in [0.25, 0.3) is 5.91 Å². The molecule has 1 N–H and O–H groups in total. The number of nitrogens with one attached hydrogen (secondary N) is 1. The highest BCUT2D eigenvalue weighted by Gasteiger charge is 2.11. The molecule has 1 amide bonds. The SMILES string of the molecule is Cc1ccc2nc(-c3ccc(NC(=O)c4ccccc4F)cc3)sc2c1. The lowest BCUT2D eigenvalue weighted by atomic mass is 10.1. The molecule has 0 saturated carbocycles. The van der Waals surface area contributed by atoms with Crippen molar-refractivity contribution in [3.05, 3.63) is 83.7 Å². The average molecular weight is 362 g/mol. The van der Waals surface area contributed by atoms with Gasteiger partial charge in [0, 0.05) is 11.3 Å². The second-order valence-corrected chi connectivity index (χ2v) is 7.03. The molecule has 0 aliphatic heterocycles. The van der Waals surface area contributed by atoms with Gasteiger partial charge in [-0.05, 0) is 61.0 Å². The number of amides is 1. The molecular formula is C21H15FN2OS. The van der Waals surface area contributed by atoms with E-state index in [4.69, 9.17) is 0 Å². The fraction of sp³-hybridized carbons (Fsp3) is 0.0476. The third kappa shape index (κ3) is 3.21. The predicted octanol–water partition coefficient (Wildman–Crippen LogP) is 5.66. The van der Waals surface area contributed by atoms with Crippen molar-refractivity contribution in [3.63, 3.8) is 0 Å². The molecule has 1 aromatic heterocycles. The maximum Gasteiger partial charge on any atom is 0.258 e. The van der Waals surface area contributed by atoms with Gasteiger partial charge in [-0.25, -0.2) is 9.37 Å². The third-order valence-electron chi connectivity index (χ3n) is 4.05. The second-order valence-electron chi connectivity index (χ2n) is 6.00. The lowest BCUT2D eigenvalue weighted by Gasteiger charge is -2.06. The van der Waals surface area contributed by atoms with Crippen molar-refractivity contribution >= 4 is 33.1 Å². The molecule has 0 saturated heterocycles. The Hall–Kier alpha value is -3.05. The Labute approximate surface area is 154 Å². The van der Waals surface area contributed by atoms with Gasteiger partial charge in [0.05, 0.1) is 15.8 Å². The Balaban J connectivity index is 1.56. The van der Waals surface area contributed by atoms with Crippen molar-refractivity contribution in [3.8, 4) is 10.6 Å². The summed E-state index contributed by atoms with van der Waals surface area (Å²) in [6, 6.07) is 19.5. The van der Waals surface area contributed by atoms with Crippen molar-refractivity contribution in [1.29, 1.82) is 0 Å². The van der Waals surface area contributed by atoms with E-state index in [9.17, 15) is 9.18 Å². The molecule has 0 aliphatic carbocycles. The zero-order chi connectivity index (χ0) is 18.1. The Morgan fingerprint density at radius 1 is 1.04 bits per heavy atom. The minimum absolute atomic E-state index is 0.0260. The number of aromatic nitrogens is 1. The zero-order valence-electron chi connectivity index (χ0n) is 14.0. The van der Waals surface area contributed by atoms with Crippen LogP contribution in [0, 0.1) is 12.7 Å². The third-order valence-corrected chi connectivity index (χ3v) is 5.12. The van der Waals surface area contributed by atoms with Crippen LogP contribution < -0.4 is 5.32 Å². The lowest BCUT2D eigenvalue weighted by Crippen LogP contribution is -2.13. The van der Waals surface area contributed by atoms with Crippen LogP contribution in [0.1, 0.15) is 15.9 Å². The quantitative estimate of drug-likeness (QED) is 0.511. The van der Waals surface area contributed by atoms with Crippen molar-refractivity contribution in [2.75, 3.05) is 5.32 Å². The Kier molecular flexibility index (Phi) is 4.22. The van der Waals surface area contributed by atoms with Gasteiger partial charge in [0.2, 0.25) is 0 Å². The van der Waals surface area contributed by atoms with Crippen LogP contribution in [0.2, 0.25) is 0 Å². The Morgan fingerprint density at radius 3 is 2.58 bits per heavy atom. The maximum absolute atomic E-state index is 13.7. The molecule has 0 spiro atoms. The molecule has 26 heavy (non-hydrogen) atoms. The molecule has 4 aromatic rings. The normalized spacial score (nSPS) is 10.8. The topological polar surface area (TPSA) is 42.0 Å². The predicted molar refractivity (Wildman–Crippen MR) is 104 cm³/mol. The van der Waals surface area contributed by atoms with Crippen molar-refractivity contribution in [1.82, 2.24) is 4.98 Å². The first-order valence-corrected chi connectivity index (χ1v) is 8.95. The van der Waals surface area contributed by atoms with Crippen LogP contribution in [0.5, 0.6) is 0 Å². The number of anilines is 1. The molecular weight excluding hydrogens is 347 g/mol. The molecule has 0 atom stereocenters. The number of nitrogens with zero attached hydrogens (tertiary/aromatic N) is 1. The molecule has 3 nitrogen and oxygen atoms in total. The van der Waals surface area contributed by atoms with Gasteiger partial charge in [0.1, 0.15) is 10.8 Å². The Bertz CT molecular complexity index is 1100. The van der Waals surface area contributed by atoms with E-state index < -0.39 is 11.7 Å². The average Bonchev–Trinajstić information content (AvgIpc) is 3.05. The van der Waals surface area contributed by atoms with Crippen LogP contribution in [-0.4, -0.2) is 10.9 Å². The van der Waals surface area contributed by atoms with Crippen LogP contribution in [0.4, 0.5) is 10.1 Å². The summed E-state index contributed by atoms with van der Waals surface area (Å²) in [5.74, 6) is -1.00. The van der Waals surface area contributed by atoms with Crippen molar-refractivity contribution < 1.29 is 9.18 Å². The minimum atomic E-state index is -0.536. The number of carbonyl (C=O) groups is 1. The standard InChI is InChI=1S/C21H15FN2OS/c1-13-6-11-18-19(12-13)26-21(24-18)14-7-9-15(10-8-14)23-20(25)16-4-2-3-5-17(16)22/h2-12H,1H3,(H,23,25). The Morgan fingerprint density at radius 2 is 1.81 bits per heavy atom. The number of halogens is 1. The van der Waals surface area contributed by atoms with E-state index in [1.165, 1.54) is 17.7 Å². The van der Waals surface area contributed by atoms with E-state index in [-0.39, 0.29) is 5.56 Å². The van der Waals surface area contributed by atoms with E-state index in [1.54, 1.807) is 35.6 Å². The fourth-order valence-corrected chi connectivity index (χ4v) is 3.76. The molecule has 128 valence electrons. The first kappa shape index (κ1) is 16.4. The van der Waals surface area contributed by atoms with Crippen molar-refractivity contribution in [2.45, 2.75) is 6.92 Å². The summed E-state index contributed by atoms with van der Waals surface area (Å²) in [5.41, 5.74) is 3.80. The summed E-state index contributed by atoms with van der Waals surface area (Å²) in [5, 5.41) is 3.64. The van der Waals surface area contributed by atoms with Gasteiger partial charge in [-0.1, -0.05) is 18.2 Å². The van der Waals surface area contributed by atoms with Crippen LogP contribution >= 0.6 is 11.3 Å². The molecule has 5 heteroatoms. The maximum atomic E-state index is 13.7.